The van der Waals surface area contributed by atoms with Crippen molar-refractivity contribution in [2.75, 3.05) is 0 Å². The Morgan fingerprint density at radius 2 is 1.90 bits per heavy atom. The summed E-state index contributed by atoms with van der Waals surface area (Å²) in [5.74, 6) is 1.71. The summed E-state index contributed by atoms with van der Waals surface area (Å²) in [5, 5.41) is 4.67. The van der Waals surface area contributed by atoms with Gasteiger partial charge in [-0.3, -0.25) is 4.79 Å². The molecule has 2 aliphatic carbocycles. The second kappa shape index (κ2) is 7.62. The number of fused-ring (bicyclic) bond motifs is 2. The van der Waals surface area contributed by atoms with Crippen LogP contribution in [0.15, 0.2) is 48.8 Å². The molecule has 2 unspecified atom stereocenters. The fraction of sp³-hybridized carbons (Fsp3) is 0.375. The summed E-state index contributed by atoms with van der Waals surface area (Å²) in [4.78, 5) is 21.4. The molecule has 0 radical (unpaired) electrons. The van der Waals surface area contributed by atoms with Crippen molar-refractivity contribution in [2.45, 2.75) is 38.1 Å². The average Bonchev–Trinajstić information content (AvgIpc) is 3.23. The standard InChI is InChI=1S/C24H23ClFN3O/c1-2-20(29-24(30)13-3-5-15(25)6-4-13)22-17-9-14(10-18(17)22)23-19-11-16(26)7-8-21(19)27-12-28-23/h3-8,11-12,14,17-18,20,22H,2,9-10H2,1H3,(H,29,30)/t14?,17-,18+,20-,22?/m1/s1. The summed E-state index contributed by atoms with van der Waals surface area (Å²) in [6, 6.07) is 11.9. The van der Waals surface area contributed by atoms with Crippen molar-refractivity contribution in [1.82, 2.24) is 15.3 Å². The first kappa shape index (κ1) is 19.4. The molecule has 1 amide bonds. The zero-order valence-electron chi connectivity index (χ0n) is 16.7. The third-order valence-electron chi connectivity index (χ3n) is 6.85. The van der Waals surface area contributed by atoms with Crippen LogP contribution in [0.2, 0.25) is 5.02 Å². The molecule has 0 bridgehead atoms. The van der Waals surface area contributed by atoms with E-state index in [-0.39, 0.29) is 17.8 Å². The molecule has 2 aliphatic rings. The van der Waals surface area contributed by atoms with E-state index in [2.05, 4.69) is 22.2 Å². The summed E-state index contributed by atoms with van der Waals surface area (Å²) >= 11 is 5.92. The van der Waals surface area contributed by atoms with Gasteiger partial charge < -0.3 is 5.32 Å². The number of nitrogens with zero attached hydrogens (tertiary/aromatic N) is 2. The van der Waals surface area contributed by atoms with Crippen LogP contribution < -0.4 is 5.32 Å². The minimum absolute atomic E-state index is 0.0442. The molecule has 4 nitrogen and oxygen atoms in total. The molecule has 0 aliphatic heterocycles. The van der Waals surface area contributed by atoms with Crippen LogP contribution in [-0.2, 0) is 0 Å². The summed E-state index contributed by atoms with van der Waals surface area (Å²) < 4.78 is 13.8. The molecule has 5 rings (SSSR count). The summed E-state index contributed by atoms with van der Waals surface area (Å²) in [7, 11) is 0. The first-order chi connectivity index (χ1) is 14.5. The molecule has 1 aromatic heterocycles. The van der Waals surface area contributed by atoms with Crippen LogP contribution in [0.1, 0.15) is 48.2 Å². The average molecular weight is 424 g/mol. The number of carbonyl (C=O) groups excluding carboxylic acids is 1. The van der Waals surface area contributed by atoms with E-state index in [0.29, 0.717) is 34.3 Å². The number of aromatic nitrogens is 2. The Kier molecular flexibility index (Phi) is 4.94. The molecular formula is C24H23ClFN3O. The fourth-order valence-corrected chi connectivity index (χ4v) is 5.54. The molecule has 5 atom stereocenters. The van der Waals surface area contributed by atoms with E-state index in [4.69, 9.17) is 11.6 Å². The molecule has 3 aromatic rings. The molecule has 1 N–H and O–H groups in total. The van der Waals surface area contributed by atoms with E-state index in [0.717, 1.165) is 35.9 Å². The predicted octanol–water partition coefficient (Wildman–Crippen LogP) is 5.37. The van der Waals surface area contributed by atoms with Gasteiger partial charge in [0.15, 0.2) is 0 Å². The van der Waals surface area contributed by atoms with E-state index in [1.54, 1.807) is 42.7 Å². The normalized spacial score (nSPS) is 25.7. The van der Waals surface area contributed by atoms with Gasteiger partial charge in [0.25, 0.3) is 5.91 Å². The number of amides is 1. The van der Waals surface area contributed by atoms with Crippen LogP contribution in [-0.4, -0.2) is 21.9 Å². The lowest BCUT2D eigenvalue weighted by Crippen LogP contribution is -2.37. The third-order valence-corrected chi connectivity index (χ3v) is 7.11. The van der Waals surface area contributed by atoms with Crippen molar-refractivity contribution in [1.29, 1.82) is 0 Å². The summed E-state index contributed by atoms with van der Waals surface area (Å²) in [6.45, 7) is 2.12. The Balaban J connectivity index is 1.27. The minimum Gasteiger partial charge on any atom is -0.349 e. The van der Waals surface area contributed by atoms with Crippen molar-refractivity contribution in [3.05, 3.63) is 70.9 Å². The molecular weight excluding hydrogens is 401 g/mol. The second-order valence-corrected chi connectivity index (χ2v) is 8.93. The van der Waals surface area contributed by atoms with E-state index in [1.165, 1.54) is 6.07 Å². The molecule has 2 fully saturated rings. The molecule has 0 spiro atoms. The highest BCUT2D eigenvalue weighted by Crippen LogP contribution is 2.63. The SMILES string of the molecule is CC[C@@H](NC(=O)c1ccc(Cl)cc1)C1[C@H]2CC(c3ncnc4ccc(F)cc34)C[C@@H]12. The quantitative estimate of drug-likeness (QED) is 0.600. The maximum Gasteiger partial charge on any atom is 0.251 e. The molecule has 2 aromatic carbocycles. The van der Waals surface area contributed by atoms with Gasteiger partial charge in [0.05, 0.1) is 11.2 Å². The zero-order valence-corrected chi connectivity index (χ0v) is 17.4. The van der Waals surface area contributed by atoms with Crippen LogP contribution in [0.3, 0.4) is 0 Å². The number of benzene rings is 2. The molecule has 2 saturated carbocycles. The lowest BCUT2D eigenvalue weighted by molar-refractivity contribution is 0.0927. The highest BCUT2D eigenvalue weighted by atomic mass is 35.5. The first-order valence-corrected chi connectivity index (χ1v) is 10.9. The van der Waals surface area contributed by atoms with Gasteiger partial charge in [-0.05, 0) is 79.5 Å². The largest absolute Gasteiger partial charge is 0.349 e. The van der Waals surface area contributed by atoms with Crippen LogP contribution in [0.25, 0.3) is 10.9 Å². The number of nitrogens with one attached hydrogen (secondary N) is 1. The smallest absolute Gasteiger partial charge is 0.251 e. The Hall–Kier alpha value is -2.53. The van der Waals surface area contributed by atoms with Crippen LogP contribution >= 0.6 is 11.6 Å². The van der Waals surface area contributed by atoms with E-state index in [9.17, 15) is 9.18 Å². The molecule has 1 heterocycles. The summed E-state index contributed by atoms with van der Waals surface area (Å²) in [6.07, 6.45) is 4.55. The Morgan fingerprint density at radius 3 is 2.60 bits per heavy atom. The van der Waals surface area contributed by atoms with Gasteiger partial charge in [-0.25, -0.2) is 14.4 Å². The lowest BCUT2D eigenvalue weighted by Gasteiger charge is -2.22. The van der Waals surface area contributed by atoms with Crippen molar-refractivity contribution < 1.29 is 9.18 Å². The minimum atomic E-state index is -0.254. The van der Waals surface area contributed by atoms with E-state index < -0.39 is 0 Å². The Labute approximate surface area is 179 Å². The number of rotatable bonds is 5. The number of carbonyl (C=O) groups is 1. The molecule has 154 valence electrons. The molecule has 0 saturated heterocycles. The van der Waals surface area contributed by atoms with Crippen molar-refractivity contribution in [3.63, 3.8) is 0 Å². The van der Waals surface area contributed by atoms with Gasteiger partial charge in [-0.15, -0.1) is 0 Å². The highest BCUT2D eigenvalue weighted by Gasteiger charge is 2.59. The topological polar surface area (TPSA) is 54.9 Å². The van der Waals surface area contributed by atoms with Gasteiger partial charge in [-0.1, -0.05) is 18.5 Å². The monoisotopic (exact) mass is 423 g/mol. The van der Waals surface area contributed by atoms with Gasteiger partial charge in [-0.2, -0.15) is 0 Å². The predicted molar refractivity (Wildman–Crippen MR) is 115 cm³/mol. The van der Waals surface area contributed by atoms with Crippen molar-refractivity contribution in [2.24, 2.45) is 17.8 Å². The van der Waals surface area contributed by atoms with Crippen LogP contribution in [0.4, 0.5) is 4.39 Å². The van der Waals surface area contributed by atoms with Gasteiger partial charge in [0.2, 0.25) is 0 Å². The van der Waals surface area contributed by atoms with Crippen LogP contribution in [0.5, 0.6) is 0 Å². The lowest BCUT2D eigenvalue weighted by atomic mass is 9.91. The second-order valence-electron chi connectivity index (χ2n) is 8.49. The fourth-order valence-electron chi connectivity index (χ4n) is 5.41. The maximum atomic E-state index is 13.8. The van der Waals surface area contributed by atoms with E-state index in [1.807, 2.05) is 0 Å². The first-order valence-electron chi connectivity index (χ1n) is 10.5. The van der Waals surface area contributed by atoms with Crippen molar-refractivity contribution in [3.8, 4) is 0 Å². The van der Waals surface area contributed by atoms with Gasteiger partial charge in [0.1, 0.15) is 12.1 Å². The summed E-state index contributed by atoms with van der Waals surface area (Å²) in [5.41, 5.74) is 2.39. The zero-order chi connectivity index (χ0) is 20.8. The molecule has 6 heteroatoms. The third kappa shape index (κ3) is 3.45. The Bertz CT molecular complexity index is 1090. The van der Waals surface area contributed by atoms with Gasteiger partial charge >= 0.3 is 0 Å². The maximum absolute atomic E-state index is 13.8. The van der Waals surface area contributed by atoms with E-state index >= 15 is 0 Å². The number of halogens is 2. The number of hydrogen-bond acceptors (Lipinski definition) is 3. The number of hydrogen-bond donors (Lipinski definition) is 1. The molecule has 30 heavy (non-hydrogen) atoms. The van der Waals surface area contributed by atoms with Crippen molar-refractivity contribution >= 4 is 28.4 Å². The Morgan fingerprint density at radius 1 is 1.17 bits per heavy atom. The van der Waals surface area contributed by atoms with Gasteiger partial charge in [0, 0.05) is 27.9 Å². The highest BCUT2D eigenvalue weighted by molar-refractivity contribution is 6.30. The van der Waals surface area contributed by atoms with Crippen LogP contribution in [0, 0.1) is 23.6 Å².